The summed E-state index contributed by atoms with van der Waals surface area (Å²) in [5.74, 6) is 3.31. The zero-order valence-electron chi connectivity index (χ0n) is 17.1. The number of ether oxygens (including phenoxy) is 3. The third-order valence-electron chi connectivity index (χ3n) is 4.13. The summed E-state index contributed by atoms with van der Waals surface area (Å²) in [7, 11) is 4.77. The Morgan fingerprint density at radius 1 is 1.14 bits per heavy atom. The molecule has 0 fully saturated rings. The number of guanidine groups is 1. The molecule has 0 aliphatic carbocycles. The second kappa shape index (κ2) is 12.4. The molecule has 2 rings (SSSR count). The molecule has 7 nitrogen and oxygen atoms in total. The van der Waals surface area contributed by atoms with Crippen molar-refractivity contribution in [3.05, 3.63) is 36.3 Å². The molecule has 0 saturated carbocycles. The fourth-order valence-corrected chi connectivity index (χ4v) is 2.48. The van der Waals surface area contributed by atoms with Crippen molar-refractivity contribution in [2.45, 2.75) is 32.7 Å². The summed E-state index contributed by atoms with van der Waals surface area (Å²) in [5.41, 5.74) is 0.789. The summed E-state index contributed by atoms with van der Waals surface area (Å²) < 4.78 is 21.6. The molecule has 28 heavy (non-hydrogen) atoms. The Balaban J connectivity index is 0.00000392. The van der Waals surface area contributed by atoms with Gasteiger partial charge in [-0.05, 0) is 25.5 Å². The molecule has 2 N–H and O–H groups in total. The van der Waals surface area contributed by atoms with E-state index in [2.05, 4.69) is 29.5 Å². The lowest BCUT2D eigenvalue weighted by atomic mass is 10.2. The predicted molar refractivity (Wildman–Crippen MR) is 123 cm³/mol. The summed E-state index contributed by atoms with van der Waals surface area (Å²) >= 11 is 0. The van der Waals surface area contributed by atoms with E-state index in [0.29, 0.717) is 29.8 Å². The molecule has 8 heteroatoms. The molecule has 0 bridgehead atoms. The van der Waals surface area contributed by atoms with Gasteiger partial charge in [-0.25, -0.2) is 0 Å². The van der Waals surface area contributed by atoms with Gasteiger partial charge in [0.25, 0.3) is 0 Å². The SMILES string of the molecule is CCC(C)NC(=NCCc1ccco1)Nc1cc(OC)c(OC)c(OC)c1.I. The average Bonchev–Trinajstić information content (AvgIpc) is 3.20. The molecule has 1 aromatic carbocycles. The number of halogens is 1. The molecule has 0 spiro atoms. The molecule has 0 amide bonds. The van der Waals surface area contributed by atoms with Gasteiger partial charge in [0.15, 0.2) is 17.5 Å². The fourth-order valence-electron chi connectivity index (χ4n) is 2.48. The highest BCUT2D eigenvalue weighted by atomic mass is 127. The number of hydrogen-bond donors (Lipinski definition) is 2. The van der Waals surface area contributed by atoms with Gasteiger partial charge in [0.1, 0.15) is 5.76 Å². The molecule has 156 valence electrons. The minimum Gasteiger partial charge on any atom is -0.493 e. The van der Waals surface area contributed by atoms with Crippen molar-refractivity contribution in [1.82, 2.24) is 5.32 Å². The normalized spacial score (nSPS) is 12.0. The second-order valence-corrected chi connectivity index (χ2v) is 6.05. The molecule has 1 unspecified atom stereocenters. The standard InChI is InChI=1S/C20H29N3O4.HI/c1-6-14(2)22-20(21-10-9-16-8-7-11-27-16)23-15-12-17(24-3)19(26-5)18(13-15)25-4;/h7-8,11-14H,6,9-10H2,1-5H3,(H2,21,22,23);1H. The van der Waals surface area contributed by atoms with Crippen LogP contribution in [0.5, 0.6) is 17.2 Å². The summed E-state index contributed by atoms with van der Waals surface area (Å²) in [6.07, 6.45) is 3.38. The number of aliphatic imine (C=N–C) groups is 1. The highest BCUT2D eigenvalue weighted by Gasteiger charge is 2.14. The predicted octanol–water partition coefficient (Wildman–Crippen LogP) is 4.32. The van der Waals surface area contributed by atoms with E-state index in [1.54, 1.807) is 27.6 Å². The Morgan fingerprint density at radius 3 is 2.32 bits per heavy atom. The first-order valence-corrected chi connectivity index (χ1v) is 9.01. The number of anilines is 1. The van der Waals surface area contributed by atoms with Crippen molar-refractivity contribution in [3.63, 3.8) is 0 Å². The minimum atomic E-state index is 0. The van der Waals surface area contributed by atoms with E-state index in [-0.39, 0.29) is 30.0 Å². The highest BCUT2D eigenvalue weighted by Crippen LogP contribution is 2.39. The summed E-state index contributed by atoms with van der Waals surface area (Å²) in [5, 5.41) is 6.71. The van der Waals surface area contributed by atoms with Crippen molar-refractivity contribution < 1.29 is 18.6 Å². The first-order chi connectivity index (χ1) is 13.1. The van der Waals surface area contributed by atoms with Gasteiger partial charge in [-0.15, -0.1) is 24.0 Å². The molecule has 1 heterocycles. The van der Waals surface area contributed by atoms with Gasteiger partial charge in [-0.3, -0.25) is 4.99 Å². The van der Waals surface area contributed by atoms with Crippen molar-refractivity contribution in [1.29, 1.82) is 0 Å². The van der Waals surface area contributed by atoms with Crippen LogP contribution in [0.3, 0.4) is 0 Å². The van der Waals surface area contributed by atoms with Crippen LogP contribution in [0.1, 0.15) is 26.0 Å². The summed E-state index contributed by atoms with van der Waals surface area (Å²) in [6, 6.07) is 7.81. The molecular weight excluding hydrogens is 473 g/mol. The zero-order chi connectivity index (χ0) is 19.6. The van der Waals surface area contributed by atoms with Gasteiger partial charge >= 0.3 is 0 Å². The van der Waals surface area contributed by atoms with E-state index < -0.39 is 0 Å². The van der Waals surface area contributed by atoms with Gasteiger partial charge in [0.2, 0.25) is 5.75 Å². The van der Waals surface area contributed by atoms with Crippen LogP contribution in [-0.2, 0) is 6.42 Å². The maximum atomic E-state index is 5.42. The third-order valence-corrected chi connectivity index (χ3v) is 4.13. The lowest BCUT2D eigenvalue weighted by molar-refractivity contribution is 0.324. The van der Waals surface area contributed by atoms with Crippen LogP contribution < -0.4 is 24.8 Å². The molecule has 0 saturated heterocycles. The van der Waals surface area contributed by atoms with E-state index in [9.17, 15) is 0 Å². The van der Waals surface area contributed by atoms with Gasteiger partial charge in [0.05, 0.1) is 27.6 Å². The number of benzene rings is 1. The van der Waals surface area contributed by atoms with E-state index in [1.807, 2.05) is 24.3 Å². The van der Waals surface area contributed by atoms with Crippen LogP contribution in [0.4, 0.5) is 5.69 Å². The van der Waals surface area contributed by atoms with Crippen LogP contribution in [0.25, 0.3) is 0 Å². The Bertz CT molecular complexity index is 710. The molecule has 1 atom stereocenters. The lowest BCUT2D eigenvalue weighted by Crippen LogP contribution is -2.37. The van der Waals surface area contributed by atoms with E-state index in [4.69, 9.17) is 18.6 Å². The number of hydrogen-bond acceptors (Lipinski definition) is 5. The Morgan fingerprint density at radius 2 is 1.82 bits per heavy atom. The summed E-state index contributed by atoms with van der Waals surface area (Å²) in [6.45, 7) is 4.83. The van der Waals surface area contributed by atoms with Crippen LogP contribution in [0.2, 0.25) is 0 Å². The molecule has 0 aliphatic rings. The number of furan rings is 1. The highest BCUT2D eigenvalue weighted by molar-refractivity contribution is 14.0. The molecule has 0 radical (unpaired) electrons. The number of methoxy groups -OCH3 is 3. The smallest absolute Gasteiger partial charge is 0.203 e. The van der Waals surface area contributed by atoms with Crippen LogP contribution in [0.15, 0.2) is 39.9 Å². The monoisotopic (exact) mass is 503 g/mol. The molecular formula is C20H30IN3O4. The maximum absolute atomic E-state index is 5.42. The van der Waals surface area contributed by atoms with E-state index in [0.717, 1.165) is 24.3 Å². The maximum Gasteiger partial charge on any atom is 0.203 e. The van der Waals surface area contributed by atoms with E-state index >= 15 is 0 Å². The van der Waals surface area contributed by atoms with Crippen molar-refractivity contribution in [3.8, 4) is 17.2 Å². The Hall–Kier alpha value is -2.10. The molecule has 1 aromatic heterocycles. The van der Waals surface area contributed by atoms with Crippen LogP contribution in [0, 0.1) is 0 Å². The Labute approximate surface area is 183 Å². The van der Waals surface area contributed by atoms with E-state index in [1.165, 1.54) is 0 Å². The van der Waals surface area contributed by atoms with Crippen molar-refractivity contribution >= 4 is 35.6 Å². The zero-order valence-corrected chi connectivity index (χ0v) is 19.4. The average molecular weight is 503 g/mol. The lowest BCUT2D eigenvalue weighted by Gasteiger charge is -2.19. The molecule has 2 aromatic rings. The third kappa shape index (κ3) is 6.81. The van der Waals surface area contributed by atoms with Gasteiger partial charge in [0, 0.05) is 36.8 Å². The van der Waals surface area contributed by atoms with Gasteiger partial charge in [-0.1, -0.05) is 6.92 Å². The molecule has 0 aliphatic heterocycles. The van der Waals surface area contributed by atoms with Gasteiger partial charge in [-0.2, -0.15) is 0 Å². The van der Waals surface area contributed by atoms with Gasteiger partial charge < -0.3 is 29.3 Å². The Kier molecular flexibility index (Phi) is 10.6. The first kappa shape index (κ1) is 23.9. The largest absolute Gasteiger partial charge is 0.493 e. The first-order valence-electron chi connectivity index (χ1n) is 9.01. The number of nitrogens with one attached hydrogen (secondary N) is 2. The minimum absolute atomic E-state index is 0. The second-order valence-electron chi connectivity index (χ2n) is 6.05. The quantitative estimate of drug-likeness (QED) is 0.302. The number of rotatable bonds is 9. The van der Waals surface area contributed by atoms with Crippen LogP contribution in [-0.4, -0.2) is 39.9 Å². The summed E-state index contributed by atoms with van der Waals surface area (Å²) in [4.78, 5) is 4.66. The van der Waals surface area contributed by atoms with Crippen molar-refractivity contribution in [2.24, 2.45) is 4.99 Å². The topological polar surface area (TPSA) is 77.3 Å². The van der Waals surface area contributed by atoms with Crippen LogP contribution >= 0.6 is 24.0 Å². The fraction of sp³-hybridized carbons (Fsp3) is 0.450. The number of nitrogens with zero attached hydrogens (tertiary/aromatic N) is 1. The van der Waals surface area contributed by atoms with Crippen molar-refractivity contribution in [2.75, 3.05) is 33.2 Å².